The Bertz CT molecular complexity index is 612. The molecule has 0 spiro atoms. The third-order valence-electron chi connectivity index (χ3n) is 3.71. The van der Waals surface area contributed by atoms with Crippen LogP contribution in [0, 0.1) is 0 Å². The van der Waals surface area contributed by atoms with E-state index in [4.69, 9.17) is 4.74 Å². The normalized spacial score (nSPS) is 13.1. The maximum atomic E-state index is 12.4. The Morgan fingerprint density at radius 2 is 1.63 bits per heavy atom. The smallest absolute Gasteiger partial charge is 0.193 e. The molecule has 0 saturated carbocycles. The molecule has 0 unspecified atom stereocenters. The number of ether oxygens (including phenoxy) is 1. The molecule has 0 atom stereocenters. The molecule has 0 radical (unpaired) electrons. The van der Waals surface area contributed by atoms with Crippen LogP contribution < -0.4 is 4.74 Å². The molecule has 0 amide bonds. The van der Waals surface area contributed by atoms with E-state index in [1.54, 1.807) is 7.11 Å². The first-order valence-electron chi connectivity index (χ1n) is 6.58. The van der Waals surface area contributed by atoms with E-state index < -0.39 is 0 Å². The lowest BCUT2D eigenvalue weighted by molar-refractivity contribution is 0.103. The van der Waals surface area contributed by atoms with Crippen LogP contribution in [0.25, 0.3) is 0 Å². The van der Waals surface area contributed by atoms with Crippen molar-refractivity contribution >= 4 is 5.78 Å². The summed E-state index contributed by atoms with van der Waals surface area (Å²) in [6.45, 7) is 0. The van der Waals surface area contributed by atoms with Gasteiger partial charge in [-0.05, 0) is 60.7 Å². The minimum atomic E-state index is 0.0809. The van der Waals surface area contributed by atoms with E-state index in [2.05, 4.69) is 12.1 Å². The summed E-state index contributed by atoms with van der Waals surface area (Å²) in [6.07, 6.45) is 3.45. The molecule has 2 heteroatoms. The highest BCUT2D eigenvalue weighted by atomic mass is 16.5. The Kier molecular flexibility index (Phi) is 3.08. The highest BCUT2D eigenvalue weighted by Crippen LogP contribution is 2.24. The van der Waals surface area contributed by atoms with Crippen molar-refractivity contribution in [1.82, 2.24) is 0 Å². The number of aryl methyl sites for hydroxylation is 2. The number of methoxy groups -OCH3 is 1. The summed E-state index contributed by atoms with van der Waals surface area (Å²) >= 11 is 0. The highest BCUT2D eigenvalue weighted by molar-refractivity contribution is 6.09. The monoisotopic (exact) mass is 252 g/mol. The van der Waals surface area contributed by atoms with Gasteiger partial charge in [-0.2, -0.15) is 0 Å². The number of fused-ring (bicyclic) bond motifs is 1. The van der Waals surface area contributed by atoms with Gasteiger partial charge in [0.1, 0.15) is 5.75 Å². The minimum absolute atomic E-state index is 0.0809. The number of ketones is 1. The maximum Gasteiger partial charge on any atom is 0.193 e. The molecule has 0 aliphatic heterocycles. The first kappa shape index (κ1) is 12.0. The average Bonchev–Trinajstić information content (AvgIpc) is 2.94. The predicted octanol–water partition coefficient (Wildman–Crippen LogP) is 3.41. The predicted molar refractivity (Wildman–Crippen MR) is 74.9 cm³/mol. The second-order valence-corrected chi connectivity index (χ2v) is 4.89. The first-order chi connectivity index (χ1) is 9.28. The van der Waals surface area contributed by atoms with Gasteiger partial charge in [0.05, 0.1) is 7.11 Å². The molecule has 2 nitrogen and oxygen atoms in total. The molecule has 2 aromatic carbocycles. The lowest BCUT2D eigenvalue weighted by Crippen LogP contribution is -2.02. The molecule has 96 valence electrons. The maximum absolute atomic E-state index is 12.4. The van der Waals surface area contributed by atoms with Gasteiger partial charge in [-0.3, -0.25) is 4.79 Å². The minimum Gasteiger partial charge on any atom is -0.497 e. The van der Waals surface area contributed by atoms with E-state index in [1.807, 2.05) is 30.3 Å². The first-order valence-corrected chi connectivity index (χ1v) is 6.58. The van der Waals surface area contributed by atoms with Crippen LogP contribution in [0.5, 0.6) is 5.75 Å². The molecular weight excluding hydrogens is 236 g/mol. The van der Waals surface area contributed by atoms with Crippen LogP contribution in [0.15, 0.2) is 42.5 Å². The Morgan fingerprint density at radius 1 is 0.947 bits per heavy atom. The van der Waals surface area contributed by atoms with E-state index in [0.717, 1.165) is 24.2 Å². The second-order valence-electron chi connectivity index (χ2n) is 4.89. The molecule has 0 fully saturated rings. The number of carbonyl (C=O) groups excluding carboxylic acids is 1. The molecule has 0 saturated heterocycles. The fourth-order valence-corrected chi connectivity index (χ4v) is 2.62. The zero-order chi connectivity index (χ0) is 13.2. The summed E-state index contributed by atoms with van der Waals surface area (Å²) in [6, 6.07) is 13.4. The van der Waals surface area contributed by atoms with E-state index in [9.17, 15) is 4.79 Å². The molecule has 0 heterocycles. The number of benzene rings is 2. The third kappa shape index (κ3) is 2.26. The van der Waals surface area contributed by atoms with Crippen molar-refractivity contribution in [2.45, 2.75) is 19.3 Å². The van der Waals surface area contributed by atoms with Crippen LogP contribution in [0.3, 0.4) is 0 Å². The number of hydrogen-bond donors (Lipinski definition) is 0. The van der Waals surface area contributed by atoms with Gasteiger partial charge < -0.3 is 4.74 Å². The Labute approximate surface area is 113 Å². The highest BCUT2D eigenvalue weighted by Gasteiger charge is 2.15. The molecule has 1 aliphatic rings. The zero-order valence-corrected chi connectivity index (χ0v) is 11.0. The molecule has 1 aliphatic carbocycles. The fourth-order valence-electron chi connectivity index (χ4n) is 2.62. The van der Waals surface area contributed by atoms with Crippen molar-refractivity contribution in [3.05, 3.63) is 64.7 Å². The van der Waals surface area contributed by atoms with Crippen molar-refractivity contribution < 1.29 is 9.53 Å². The molecule has 3 rings (SSSR count). The topological polar surface area (TPSA) is 26.3 Å². The quantitative estimate of drug-likeness (QED) is 0.782. The van der Waals surface area contributed by atoms with Crippen molar-refractivity contribution in [1.29, 1.82) is 0 Å². The Hall–Kier alpha value is -2.09. The van der Waals surface area contributed by atoms with Gasteiger partial charge in [-0.15, -0.1) is 0 Å². The van der Waals surface area contributed by atoms with E-state index in [0.29, 0.717) is 5.56 Å². The average molecular weight is 252 g/mol. The second kappa shape index (κ2) is 4.88. The summed E-state index contributed by atoms with van der Waals surface area (Å²) in [7, 11) is 1.62. The molecular formula is C17H16O2. The number of hydrogen-bond acceptors (Lipinski definition) is 2. The molecule has 0 aromatic heterocycles. The summed E-state index contributed by atoms with van der Waals surface area (Å²) in [5.74, 6) is 0.850. The van der Waals surface area contributed by atoms with Gasteiger partial charge >= 0.3 is 0 Å². The van der Waals surface area contributed by atoms with E-state index in [1.165, 1.54) is 17.5 Å². The summed E-state index contributed by atoms with van der Waals surface area (Å²) in [5, 5.41) is 0. The van der Waals surface area contributed by atoms with Crippen LogP contribution in [0.2, 0.25) is 0 Å². The zero-order valence-electron chi connectivity index (χ0n) is 11.0. The molecule has 0 bridgehead atoms. The Balaban J connectivity index is 1.90. The van der Waals surface area contributed by atoms with E-state index >= 15 is 0 Å². The largest absolute Gasteiger partial charge is 0.497 e. The number of carbonyl (C=O) groups is 1. The standard InChI is InChI=1S/C17H16O2/c1-19-16-9-7-13(8-10-16)17(18)15-6-5-12-3-2-4-14(12)11-15/h5-11H,2-4H2,1H3. The van der Waals surface area contributed by atoms with Gasteiger partial charge in [-0.1, -0.05) is 12.1 Å². The van der Waals surface area contributed by atoms with Crippen molar-refractivity contribution in [2.75, 3.05) is 7.11 Å². The molecule has 2 aromatic rings. The third-order valence-corrected chi connectivity index (χ3v) is 3.71. The summed E-state index contributed by atoms with van der Waals surface area (Å²) in [4.78, 5) is 12.4. The van der Waals surface area contributed by atoms with Gasteiger partial charge in [0.2, 0.25) is 0 Å². The van der Waals surface area contributed by atoms with Crippen LogP contribution in [0.4, 0.5) is 0 Å². The van der Waals surface area contributed by atoms with Crippen LogP contribution in [0.1, 0.15) is 33.5 Å². The van der Waals surface area contributed by atoms with Crippen molar-refractivity contribution in [2.24, 2.45) is 0 Å². The van der Waals surface area contributed by atoms with Gasteiger partial charge in [0.15, 0.2) is 5.78 Å². The van der Waals surface area contributed by atoms with Crippen molar-refractivity contribution in [3.8, 4) is 5.75 Å². The van der Waals surface area contributed by atoms with Gasteiger partial charge in [0, 0.05) is 11.1 Å². The van der Waals surface area contributed by atoms with Crippen molar-refractivity contribution in [3.63, 3.8) is 0 Å². The van der Waals surface area contributed by atoms with Crippen LogP contribution in [-0.4, -0.2) is 12.9 Å². The van der Waals surface area contributed by atoms with Gasteiger partial charge in [0.25, 0.3) is 0 Å². The molecule has 0 N–H and O–H groups in total. The van der Waals surface area contributed by atoms with Crippen LogP contribution in [-0.2, 0) is 12.8 Å². The van der Waals surface area contributed by atoms with Crippen LogP contribution >= 0.6 is 0 Å². The summed E-state index contributed by atoms with van der Waals surface area (Å²) < 4.78 is 5.10. The number of rotatable bonds is 3. The lowest BCUT2D eigenvalue weighted by Gasteiger charge is -2.05. The Morgan fingerprint density at radius 3 is 2.37 bits per heavy atom. The SMILES string of the molecule is COc1ccc(C(=O)c2ccc3c(c2)CCC3)cc1. The lowest BCUT2D eigenvalue weighted by atomic mass is 9.99. The van der Waals surface area contributed by atoms with Gasteiger partial charge in [-0.25, -0.2) is 0 Å². The fraction of sp³-hybridized carbons (Fsp3) is 0.235. The van der Waals surface area contributed by atoms with E-state index in [-0.39, 0.29) is 5.78 Å². The molecule has 19 heavy (non-hydrogen) atoms. The summed E-state index contributed by atoms with van der Waals surface area (Å²) in [5.41, 5.74) is 4.22.